The Labute approximate surface area is 195 Å². The first-order valence-electron chi connectivity index (χ1n) is 10.7. The summed E-state index contributed by atoms with van der Waals surface area (Å²) in [6, 6.07) is 24.3. The maximum Gasteiger partial charge on any atom is 0.116 e. The summed E-state index contributed by atoms with van der Waals surface area (Å²) in [7, 11) is 0. The van der Waals surface area contributed by atoms with Crippen LogP contribution >= 0.6 is 22.7 Å². The molecular formula is C28H22N2S2. The number of nitrogens with zero attached hydrogens (tertiary/aromatic N) is 2. The highest BCUT2D eigenvalue weighted by molar-refractivity contribution is 7.22. The monoisotopic (exact) mass is 450 g/mol. The van der Waals surface area contributed by atoms with Crippen molar-refractivity contribution in [1.82, 2.24) is 9.97 Å². The molecule has 3 heterocycles. The van der Waals surface area contributed by atoms with Gasteiger partial charge in [-0.3, -0.25) is 0 Å². The highest BCUT2D eigenvalue weighted by atomic mass is 32.1. The Morgan fingerprint density at radius 2 is 1.62 bits per heavy atom. The molecule has 32 heavy (non-hydrogen) atoms. The number of benzene rings is 3. The van der Waals surface area contributed by atoms with Crippen LogP contribution in [0.2, 0.25) is 0 Å². The molecular weight excluding hydrogens is 428 g/mol. The molecule has 6 rings (SSSR count). The number of hydrogen-bond acceptors (Lipinski definition) is 4. The van der Waals surface area contributed by atoms with E-state index in [0.717, 1.165) is 21.5 Å². The first-order valence-corrected chi connectivity index (χ1v) is 12.4. The molecule has 0 aliphatic carbocycles. The number of rotatable bonds is 2. The van der Waals surface area contributed by atoms with E-state index in [2.05, 4.69) is 97.9 Å². The fraction of sp³-hybridized carbons (Fsp3) is 0.143. The highest BCUT2D eigenvalue weighted by Gasteiger charge is 2.20. The van der Waals surface area contributed by atoms with Crippen molar-refractivity contribution in [3.05, 3.63) is 84.0 Å². The summed E-state index contributed by atoms with van der Waals surface area (Å²) in [4.78, 5) is 10.6. The Kier molecular flexibility index (Phi) is 4.42. The standard InChI is InChI=1S/C28H22N2S2/c1-28(2,3)22-14-20(12-17-6-4-5-7-21(17)22)26-27-23(29-16-30-26)15-25(32-27)18-8-9-24-19(13-18)10-11-31-24/h4-16H,1-3H3. The lowest BCUT2D eigenvalue weighted by Crippen LogP contribution is -2.12. The third-order valence-corrected chi connectivity index (χ3v) is 8.07. The minimum Gasteiger partial charge on any atom is -0.235 e. The van der Waals surface area contributed by atoms with E-state index < -0.39 is 0 Å². The second-order valence-electron chi connectivity index (χ2n) is 9.22. The minimum absolute atomic E-state index is 0.0400. The van der Waals surface area contributed by atoms with Crippen molar-refractivity contribution in [2.45, 2.75) is 26.2 Å². The highest BCUT2D eigenvalue weighted by Crippen LogP contribution is 2.40. The van der Waals surface area contributed by atoms with Gasteiger partial charge in [0, 0.05) is 15.1 Å². The molecule has 0 bridgehead atoms. The largest absolute Gasteiger partial charge is 0.235 e. The molecule has 3 aromatic heterocycles. The Morgan fingerprint density at radius 3 is 2.50 bits per heavy atom. The maximum absolute atomic E-state index is 4.76. The second kappa shape index (κ2) is 7.22. The molecule has 0 amide bonds. The molecule has 6 aromatic rings. The molecule has 0 aliphatic heterocycles. The third-order valence-electron chi connectivity index (χ3n) is 5.99. The van der Waals surface area contributed by atoms with Crippen molar-refractivity contribution in [3.63, 3.8) is 0 Å². The van der Waals surface area contributed by atoms with Gasteiger partial charge in [-0.25, -0.2) is 9.97 Å². The zero-order valence-corrected chi connectivity index (χ0v) is 19.8. The average Bonchev–Trinajstić information content (AvgIpc) is 3.43. The van der Waals surface area contributed by atoms with Crippen molar-refractivity contribution in [2.75, 3.05) is 0 Å². The van der Waals surface area contributed by atoms with Gasteiger partial charge in [-0.15, -0.1) is 22.7 Å². The number of aromatic nitrogens is 2. The van der Waals surface area contributed by atoms with Crippen LogP contribution in [0.4, 0.5) is 0 Å². The number of thiophene rings is 2. The summed E-state index contributed by atoms with van der Waals surface area (Å²) in [6.07, 6.45) is 1.70. The SMILES string of the molecule is CC(C)(C)c1cc(-c2ncnc3cc(-c4ccc5sccc5c4)sc23)cc2ccccc12. The van der Waals surface area contributed by atoms with Crippen molar-refractivity contribution < 1.29 is 0 Å². The van der Waals surface area contributed by atoms with E-state index in [1.54, 1.807) is 29.0 Å². The lowest BCUT2D eigenvalue weighted by molar-refractivity contribution is 0.596. The number of hydrogen-bond donors (Lipinski definition) is 0. The van der Waals surface area contributed by atoms with E-state index >= 15 is 0 Å². The Balaban J connectivity index is 1.56. The molecule has 0 radical (unpaired) electrons. The lowest BCUT2D eigenvalue weighted by atomic mass is 9.82. The van der Waals surface area contributed by atoms with Crippen LogP contribution in [-0.4, -0.2) is 9.97 Å². The Hall–Kier alpha value is -3.08. The van der Waals surface area contributed by atoms with Crippen LogP contribution in [0.25, 0.3) is 52.8 Å². The van der Waals surface area contributed by atoms with Crippen molar-refractivity contribution >= 4 is 53.7 Å². The van der Waals surface area contributed by atoms with Gasteiger partial charge in [-0.2, -0.15) is 0 Å². The van der Waals surface area contributed by atoms with Crippen LogP contribution in [0.1, 0.15) is 26.3 Å². The van der Waals surface area contributed by atoms with Gasteiger partial charge >= 0.3 is 0 Å². The van der Waals surface area contributed by atoms with Gasteiger partial charge in [0.2, 0.25) is 0 Å². The smallest absolute Gasteiger partial charge is 0.116 e. The molecule has 0 fully saturated rings. The van der Waals surface area contributed by atoms with Gasteiger partial charge in [0.1, 0.15) is 6.33 Å². The first-order chi connectivity index (χ1) is 15.5. The molecule has 0 N–H and O–H groups in total. The molecule has 0 atom stereocenters. The normalized spacial score (nSPS) is 12.2. The van der Waals surface area contributed by atoms with Gasteiger partial charge in [-0.1, -0.05) is 51.1 Å². The van der Waals surface area contributed by atoms with Crippen LogP contribution in [0.15, 0.2) is 78.4 Å². The fourth-order valence-corrected chi connectivity index (χ4v) is 6.28. The fourth-order valence-electron chi connectivity index (χ4n) is 4.39. The molecule has 4 heteroatoms. The molecule has 156 valence electrons. The van der Waals surface area contributed by atoms with Gasteiger partial charge in [0.15, 0.2) is 0 Å². The zero-order valence-electron chi connectivity index (χ0n) is 18.2. The van der Waals surface area contributed by atoms with Gasteiger partial charge < -0.3 is 0 Å². The molecule has 0 aliphatic rings. The van der Waals surface area contributed by atoms with Gasteiger partial charge in [0.05, 0.1) is 15.9 Å². The van der Waals surface area contributed by atoms with Crippen molar-refractivity contribution in [2.24, 2.45) is 0 Å². The van der Waals surface area contributed by atoms with E-state index in [-0.39, 0.29) is 5.41 Å². The van der Waals surface area contributed by atoms with Crippen LogP contribution in [0.5, 0.6) is 0 Å². The van der Waals surface area contributed by atoms with Gasteiger partial charge in [-0.05, 0) is 74.5 Å². The van der Waals surface area contributed by atoms with Crippen LogP contribution < -0.4 is 0 Å². The van der Waals surface area contributed by atoms with Crippen LogP contribution in [0.3, 0.4) is 0 Å². The van der Waals surface area contributed by atoms with E-state index in [1.165, 1.54) is 36.9 Å². The summed E-state index contributed by atoms with van der Waals surface area (Å²) in [6.45, 7) is 6.83. The Bertz CT molecular complexity index is 1620. The predicted molar refractivity (Wildman–Crippen MR) is 140 cm³/mol. The van der Waals surface area contributed by atoms with Crippen molar-refractivity contribution in [1.29, 1.82) is 0 Å². The summed E-state index contributed by atoms with van der Waals surface area (Å²) in [5.74, 6) is 0. The molecule has 2 nitrogen and oxygen atoms in total. The predicted octanol–water partition coefficient (Wildman–Crippen LogP) is 8.69. The van der Waals surface area contributed by atoms with E-state index in [4.69, 9.17) is 4.98 Å². The minimum atomic E-state index is 0.0400. The molecule has 0 saturated heterocycles. The topological polar surface area (TPSA) is 25.8 Å². The maximum atomic E-state index is 4.76. The van der Waals surface area contributed by atoms with E-state index in [0.29, 0.717) is 0 Å². The summed E-state index contributed by atoms with van der Waals surface area (Å²) < 4.78 is 2.46. The van der Waals surface area contributed by atoms with Gasteiger partial charge in [0.25, 0.3) is 0 Å². The van der Waals surface area contributed by atoms with E-state index in [9.17, 15) is 0 Å². The quantitative estimate of drug-likeness (QED) is 0.264. The lowest BCUT2D eigenvalue weighted by Gasteiger charge is -2.22. The average molecular weight is 451 g/mol. The summed E-state index contributed by atoms with van der Waals surface area (Å²) >= 11 is 3.56. The molecule has 0 saturated carbocycles. The van der Waals surface area contributed by atoms with Crippen LogP contribution in [-0.2, 0) is 5.41 Å². The Morgan fingerprint density at radius 1 is 0.781 bits per heavy atom. The molecule has 0 unspecified atom stereocenters. The summed E-state index contributed by atoms with van der Waals surface area (Å²) in [5, 5.41) is 6.00. The van der Waals surface area contributed by atoms with Crippen molar-refractivity contribution in [3.8, 4) is 21.7 Å². The molecule has 3 aromatic carbocycles. The van der Waals surface area contributed by atoms with E-state index in [1.807, 2.05) is 0 Å². The van der Waals surface area contributed by atoms with Crippen LogP contribution in [0, 0.1) is 0 Å². The summed E-state index contributed by atoms with van der Waals surface area (Å²) in [5.41, 5.74) is 5.79. The molecule has 0 spiro atoms. The number of fused-ring (bicyclic) bond motifs is 3. The first kappa shape index (κ1) is 19.6. The third kappa shape index (κ3) is 3.22. The second-order valence-corrected chi connectivity index (χ2v) is 11.2. The zero-order chi connectivity index (χ0) is 21.9.